The highest BCUT2D eigenvalue weighted by molar-refractivity contribution is 7.11. The van der Waals surface area contributed by atoms with Crippen LogP contribution in [0.4, 0.5) is 0 Å². The van der Waals surface area contributed by atoms with Gasteiger partial charge < -0.3 is 10.2 Å². The fraction of sp³-hybridized carbons (Fsp3) is 0.636. The number of nitrogens with one attached hydrogen (secondary N) is 1. The highest BCUT2D eigenvalue weighted by Crippen LogP contribution is 2.18. The monoisotopic (exact) mass is 311 g/mol. The van der Waals surface area contributed by atoms with Crippen molar-refractivity contribution < 1.29 is 4.79 Å². The Bertz CT molecular complexity index is 399. The molecule has 0 aliphatic carbocycles. The number of carbonyl (C=O) groups excluding carboxylic acids is 1. The molecule has 18 heavy (non-hydrogen) atoms. The number of rotatable bonds is 1. The number of halogens is 2. The molecule has 1 fully saturated rings. The van der Waals surface area contributed by atoms with Crippen molar-refractivity contribution >= 4 is 42.1 Å². The van der Waals surface area contributed by atoms with E-state index in [1.807, 2.05) is 11.8 Å². The standard InChI is InChI=1S/C11H17N3OS.2ClH/c1-7-5-14(8(2)4-12-7)11(15)10-9(3)13-6-16-10;;/h6-8,12H,4-5H2,1-3H3;2*1H. The first-order valence-corrected chi connectivity index (χ1v) is 6.42. The Morgan fingerprint density at radius 1 is 1.50 bits per heavy atom. The van der Waals surface area contributed by atoms with E-state index in [1.165, 1.54) is 11.3 Å². The third kappa shape index (κ3) is 3.57. The summed E-state index contributed by atoms with van der Waals surface area (Å²) in [6, 6.07) is 0.624. The van der Waals surface area contributed by atoms with Crippen LogP contribution in [0.5, 0.6) is 0 Å². The van der Waals surface area contributed by atoms with E-state index in [-0.39, 0.29) is 36.8 Å². The highest BCUT2D eigenvalue weighted by Gasteiger charge is 2.28. The highest BCUT2D eigenvalue weighted by atomic mass is 35.5. The summed E-state index contributed by atoms with van der Waals surface area (Å²) in [7, 11) is 0. The minimum atomic E-state index is 0. The molecule has 1 saturated heterocycles. The topological polar surface area (TPSA) is 45.2 Å². The average Bonchev–Trinajstić information content (AvgIpc) is 2.67. The van der Waals surface area contributed by atoms with E-state index in [9.17, 15) is 4.79 Å². The third-order valence-corrected chi connectivity index (χ3v) is 3.88. The van der Waals surface area contributed by atoms with Gasteiger partial charge in [0, 0.05) is 25.2 Å². The number of piperazine rings is 1. The number of nitrogens with zero attached hydrogens (tertiary/aromatic N) is 2. The Kier molecular flexibility index (Phi) is 7.14. The number of thiazole rings is 1. The van der Waals surface area contributed by atoms with E-state index in [4.69, 9.17) is 0 Å². The maximum Gasteiger partial charge on any atom is 0.266 e. The molecule has 1 aliphatic heterocycles. The van der Waals surface area contributed by atoms with Crippen LogP contribution in [0.1, 0.15) is 29.2 Å². The van der Waals surface area contributed by atoms with Gasteiger partial charge in [0.1, 0.15) is 4.88 Å². The minimum Gasteiger partial charge on any atom is -0.332 e. The zero-order chi connectivity index (χ0) is 11.7. The number of hydrogen-bond acceptors (Lipinski definition) is 4. The molecule has 1 aromatic rings. The lowest BCUT2D eigenvalue weighted by Crippen LogP contribution is -2.56. The molecule has 104 valence electrons. The van der Waals surface area contributed by atoms with E-state index in [0.29, 0.717) is 6.04 Å². The van der Waals surface area contributed by atoms with Crippen molar-refractivity contribution in [3.05, 3.63) is 16.1 Å². The molecule has 0 spiro atoms. The fourth-order valence-electron chi connectivity index (χ4n) is 1.94. The lowest BCUT2D eigenvalue weighted by molar-refractivity contribution is 0.0620. The van der Waals surface area contributed by atoms with Crippen LogP contribution < -0.4 is 5.32 Å². The zero-order valence-corrected chi connectivity index (χ0v) is 13.1. The normalized spacial score (nSPS) is 22.9. The Balaban J connectivity index is 0.00000144. The molecule has 1 amide bonds. The summed E-state index contributed by atoms with van der Waals surface area (Å²) < 4.78 is 0. The zero-order valence-electron chi connectivity index (χ0n) is 10.7. The molecule has 4 nitrogen and oxygen atoms in total. The summed E-state index contributed by atoms with van der Waals surface area (Å²) in [6.45, 7) is 7.71. The van der Waals surface area contributed by atoms with Crippen molar-refractivity contribution in [2.75, 3.05) is 13.1 Å². The second-order valence-corrected chi connectivity index (χ2v) is 5.24. The van der Waals surface area contributed by atoms with Crippen molar-refractivity contribution in [2.45, 2.75) is 32.9 Å². The largest absolute Gasteiger partial charge is 0.332 e. The van der Waals surface area contributed by atoms with E-state index < -0.39 is 0 Å². The number of carbonyl (C=O) groups is 1. The van der Waals surface area contributed by atoms with Crippen molar-refractivity contribution in [1.29, 1.82) is 0 Å². The van der Waals surface area contributed by atoms with Crippen molar-refractivity contribution in [3.8, 4) is 0 Å². The quantitative estimate of drug-likeness (QED) is 0.864. The Hall–Kier alpha value is -0.360. The number of aryl methyl sites for hydroxylation is 1. The lowest BCUT2D eigenvalue weighted by Gasteiger charge is -2.37. The van der Waals surface area contributed by atoms with Gasteiger partial charge in [-0.2, -0.15) is 0 Å². The molecule has 2 unspecified atom stereocenters. The molecule has 7 heteroatoms. The SMILES string of the molecule is Cc1ncsc1C(=O)N1CC(C)NCC1C.Cl.Cl. The van der Waals surface area contributed by atoms with Crippen LogP contribution in [-0.4, -0.2) is 41.0 Å². The van der Waals surface area contributed by atoms with Crippen LogP contribution in [0, 0.1) is 6.92 Å². The van der Waals surface area contributed by atoms with Crippen molar-refractivity contribution in [2.24, 2.45) is 0 Å². The van der Waals surface area contributed by atoms with Crippen LogP contribution in [0.3, 0.4) is 0 Å². The van der Waals surface area contributed by atoms with Crippen LogP contribution in [-0.2, 0) is 0 Å². The summed E-state index contributed by atoms with van der Waals surface area (Å²) in [6.07, 6.45) is 0. The van der Waals surface area contributed by atoms with E-state index in [2.05, 4.69) is 24.1 Å². The summed E-state index contributed by atoms with van der Waals surface area (Å²) in [5.74, 6) is 0.126. The second kappa shape index (κ2) is 7.28. The molecule has 2 rings (SSSR count). The van der Waals surface area contributed by atoms with Crippen LogP contribution in [0.2, 0.25) is 0 Å². The Morgan fingerprint density at radius 2 is 2.17 bits per heavy atom. The van der Waals surface area contributed by atoms with Crippen LogP contribution in [0.15, 0.2) is 5.51 Å². The predicted molar refractivity (Wildman–Crippen MR) is 79.3 cm³/mol. The summed E-state index contributed by atoms with van der Waals surface area (Å²) in [4.78, 5) is 19.2. The lowest BCUT2D eigenvalue weighted by atomic mass is 10.1. The first-order valence-electron chi connectivity index (χ1n) is 5.54. The Morgan fingerprint density at radius 3 is 2.72 bits per heavy atom. The molecule has 0 aromatic carbocycles. The average molecular weight is 312 g/mol. The molecular weight excluding hydrogens is 293 g/mol. The van der Waals surface area contributed by atoms with Gasteiger partial charge in [-0.05, 0) is 20.8 Å². The minimum absolute atomic E-state index is 0. The van der Waals surface area contributed by atoms with Gasteiger partial charge in [0.05, 0.1) is 11.2 Å². The molecule has 0 saturated carbocycles. The molecule has 0 bridgehead atoms. The van der Waals surface area contributed by atoms with Crippen molar-refractivity contribution in [1.82, 2.24) is 15.2 Å². The van der Waals surface area contributed by atoms with E-state index in [1.54, 1.807) is 5.51 Å². The molecule has 0 radical (unpaired) electrons. The number of amides is 1. The first kappa shape index (κ1) is 17.6. The second-order valence-electron chi connectivity index (χ2n) is 4.38. The van der Waals surface area contributed by atoms with Gasteiger partial charge in [-0.3, -0.25) is 4.79 Å². The summed E-state index contributed by atoms with van der Waals surface area (Å²) in [5.41, 5.74) is 2.58. The fourth-order valence-corrected chi connectivity index (χ4v) is 2.70. The van der Waals surface area contributed by atoms with Crippen LogP contribution >= 0.6 is 36.2 Å². The van der Waals surface area contributed by atoms with E-state index >= 15 is 0 Å². The van der Waals surface area contributed by atoms with Gasteiger partial charge in [-0.15, -0.1) is 36.2 Å². The molecule has 1 aromatic heterocycles. The summed E-state index contributed by atoms with van der Waals surface area (Å²) >= 11 is 1.43. The van der Waals surface area contributed by atoms with Gasteiger partial charge in [-0.1, -0.05) is 0 Å². The van der Waals surface area contributed by atoms with Gasteiger partial charge >= 0.3 is 0 Å². The molecular formula is C11H19Cl2N3OS. The molecule has 1 N–H and O–H groups in total. The molecule has 1 aliphatic rings. The van der Waals surface area contributed by atoms with E-state index in [0.717, 1.165) is 23.7 Å². The third-order valence-electron chi connectivity index (χ3n) is 2.96. The van der Waals surface area contributed by atoms with Gasteiger partial charge in [0.15, 0.2) is 0 Å². The van der Waals surface area contributed by atoms with Crippen molar-refractivity contribution in [3.63, 3.8) is 0 Å². The maximum absolute atomic E-state index is 12.3. The van der Waals surface area contributed by atoms with Gasteiger partial charge in [0.2, 0.25) is 0 Å². The maximum atomic E-state index is 12.3. The number of aromatic nitrogens is 1. The first-order chi connectivity index (χ1) is 7.59. The Labute approximate surface area is 124 Å². The number of hydrogen-bond donors (Lipinski definition) is 1. The predicted octanol–water partition coefficient (Wildman–Crippen LogP) is 2.12. The smallest absolute Gasteiger partial charge is 0.266 e. The summed E-state index contributed by atoms with van der Waals surface area (Å²) in [5, 5.41) is 3.37. The van der Waals surface area contributed by atoms with Crippen LogP contribution in [0.25, 0.3) is 0 Å². The molecule has 2 atom stereocenters. The molecule has 2 heterocycles. The van der Waals surface area contributed by atoms with Gasteiger partial charge in [-0.25, -0.2) is 4.98 Å². The van der Waals surface area contributed by atoms with Gasteiger partial charge in [0.25, 0.3) is 5.91 Å².